The maximum Gasteiger partial charge on any atom is 0.341 e. The number of ether oxygens (including phenoxy) is 2. The number of para-hydroxylation sites is 1. The number of amides is 1. The molecule has 0 saturated heterocycles. The molecule has 0 fully saturated rings. The van der Waals surface area contributed by atoms with Crippen molar-refractivity contribution >= 4 is 29.3 Å². The summed E-state index contributed by atoms with van der Waals surface area (Å²) in [6.45, 7) is 5.59. The van der Waals surface area contributed by atoms with Gasteiger partial charge >= 0.3 is 5.97 Å². The molecular formula is C26H27NO5S. The molecule has 0 heterocycles. The summed E-state index contributed by atoms with van der Waals surface area (Å²) in [6.07, 6.45) is 0. The topological polar surface area (TPSA) is 84.9 Å². The van der Waals surface area contributed by atoms with E-state index < -0.39 is 5.97 Å². The van der Waals surface area contributed by atoms with Gasteiger partial charge < -0.3 is 19.9 Å². The quantitative estimate of drug-likeness (QED) is 0.397. The molecule has 33 heavy (non-hydrogen) atoms. The van der Waals surface area contributed by atoms with Crippen molar-refractivity contribution < 1.29 is 24.2 Å². The number of carboxylic acids is 1. The molecule has 1 amide bonds. The van der Waals surface area contributed by atoms with E-state index in [0.717, 1.165) is 26.6 Å². The fourth-order valence-corrected chi connectivity index (χ4v) is 4.12. The number of benzene rings is 3. The van der Waals surface area contributed by atoms with Gasteiger partial charge in [-0.15, -0.1) is 0 Å². The smallest absolute Gasteiger partial charge is 0.341 e. The van der Waals surface area contributed by atoms with Crippen molar-refractivity contribution in [3.8, 4) is 11.5 Å². The zero-order valence-corrected chi connectivity index (χ0v) is 19.6. The Bertz CT molecular complexity index is 1110. The zero-order chi connectivity index (χ0) is 23.8. The second kappa shape index (κ2) is 11.4. The van der Waals surface area contributed by atoms with Crippen LogP contribution in [0.25, 0.3) is 0 Å². The number of carbonyl (C=O) groups is 2. The van der Waals surface area contributed by atoms with Gasteiger partial charge in [0.25, 0.3) is 5.91 Å². The van der Waals surface area contributed by atoms with E-state index in [9.17, 15) is 9.59 Å². The molecule has 0 atom stereocenters. The lowest BCUT2D eigenvalue weighted by atomic mass is 10.0. The van der Waals surface area contributed by atoms with Gasteiger partial charge in [0.05, 0.1) is 0 Å². The Labute approximate surface area is 197 Å². The highest BCUT2D eigenvalue weighted by Gasteiger charge is 2.12. The van der Waals surface area contributed by atoms with Gasteiger partial charge in [-0.3, -0.25) is 4.79 Å². The SMILES string of the molecule is Cc1cc(Sc2ccc(OCC(=O)O)c(C(C)C)c2)ccc1OCC(=O)Nc1ccccc1. The number of carbonyl (C=O) groups excluding carboxylic acids is 1. The molecule has 0 aliphatic carbocycles. The molecule has 2 N–H and O–H groups in total. The van der Waals surface area contributed by atoms with Crippen molar-refractivity contribution in [3.63, 3.8) is 0 Å². The average Bonchev–Trinajstić information content (AvgIpc) is 2.78. The Morgan fingerprint density at radius 1 is 0.909 bits per heavy atom. The minimum Gasteiger partial charge on any atom is -0.483 e. The summed E-state index contributed by atoms with van der Waals surface area (Å²) in [4.78, 5) is 25.0. The predicted octanol–water partition coefficient (Wildman–Crippen LogP) is 5.75. The van der Waals surface area contributed by atoms with Gasteiger partial charge in [-0.25, -0.2) is 4.79 Å². The highest BCUT2D eigenvalue weighted by molar-refractivity contribution is 7.99. The van der Waals surface area contributed by atoms with Crippen LogP contribution >= 0.6 is 11.8 Å². The lowest BCUT2D eigenvalue weighted by molar-refractivity contribution is -0.139. The molecule has 0 spiro atoms. The first kappa shape index (κ1) is 24.2. The molecule has 172 valence electrons. The maximum absolute atomic E-state index is 12.1. The summed E-state index contributed by atoms with van der Waals surface area (Å²) in [7, 11) is 0. The minimum absolute atomic E-state index is 0.0716. The Morgan fingerprint density at radius 2 is 1.55 bits per heavy atom. The van der Waals surface area contributed by atoms with Gasteiger partial charge in [0.15, 0.2) is 13.2 Å². The molecule has 0 aliphatic rings. The van der Waals surface area contributed by atoms with E-state index >= 15 is 0 Å². The second-order valence-corrected chi connectivity index (χ2v) is 8.92. The van der Waals surface area contributed by atoms with E-state index in [-0.39, 0.29) is 25.0 Å². The van der Waals surface area contributed by atoms with Crippen LogP contribution in [-0.2, 0) is 9.59 Å². The van der Waals surface area contributed by atoms with Crippen LogP contribution in [0.5, 0.6) is 11.5 Å². The van der Waals surface area contributed by atoms with Gasteiger partial charge in [-0.05, 0) is 72.5 Å². The molecule has 7 heteroatoms. The molecule has 0 bridgehead atoms. The van der Waals surface area contributed by atoms with E-state index in [1.807, 2.05) is 87.5 Å². The van der Waals surface area contributed by atoms with Crippen LogP contribution in [0.4, 0.5) is 5.69 Å². The van der Waals surface area contributed by atoms with Crippen LogP contribution in [0.2, 0.25) is 0 Å². The van der Waals surface area contributed by atoms with E-state index in [0.29, 0.717) is 11.5 Å². The standard InChI is InChI=1S/C26H27NO5S/c1-17(2)22-14-21(10-12-24(22)32-16-26(29)30)33-20-9-11-23(18(3)13-20)31-15-25(28)27-19-7-5-4-6-8-19/h4-14,17H,15-16H2,1-3H3,(H,27,28)(H,29,30). The Morgan fingerprint density at radius 3 is 2.18 bits per heavy atom. The highest BCUT2D eigenvalue weighted by Crippen LogP contribution is 2.36. The van der Waals surface area contributed by atoms with Crippen LogP contribution in [0, 0.1) is 6.92 Å². The van der Waals surface area contributed by atoms with E-state index in [1.54, 1.807) is 11.8 Å². The van der Waals surface area contributed by atoms with Gasteiger partial charge in [-0.1, -0.05) is 43.8 Å². The third-order valence-electron chi connectivity index (χ3n) is 4.75. The molecule has 6 nitrogen and oxygen atoms in total. The van der Waals surface area contributed by atoms with Crippen molar-refractivity contribution in [1.29, 1.82) is 0 Å². The maximum atomic E-state index is 12.1. The van der Waals surface area contributed by atoms with Crippen LogP contribution < -0.4 is 14.8 Å². The second-order valence-electron chi connectivity index (χ2n) is 7.77. The summed E-state index contributed by atoms with van der Waals surface area (Å²) in [6, 6.07) is 20.8. The Kier molecular flexibility index (Phi) is 8.38. The lowest BCUT2D eigenvalue weighted by Crippen LogP contribution is -2.20. The number of aliphatic carboxylic acids is 1. The van der Waals surface area contributed by atoms with Gasteiger partial charge in [0.1, 0.15) is 11.5 Å². The number of carboxylic acid groups (broad SMARTS) is 1. The summed E-state index contributed by atoms with van der Waals surface area (Å²) < 4.78 is 11.1. The number of hydrogen-bond acceptors (Lipinski definition) is 5. The molecular weight excluding hydrogens is 438 g/mol. The molecule has 0 saturated carbocycles. The minimum atomic E-state index is -1.00. The Balaban J connectivity index is 1.63. The molecule has 3 rings (SSSR count). The van der Waals surface area contributed by atoms with Gasteiger partial charge in [0.2, 0.25) is 0 Å². The third kappa shape index (κ3) is 7.29. The zero-order valence-electron chi connectivity index (χ0n) is 18.8. The molecule has 0 unspecified atom stereocenters. The van der Waals surface area contributed by atoms with Crippen LogP contribution in [-0.4, -0.2) is 30.2 Å². The number of nitrogens with one attached hydrogen (secondary N) is 1. The number of aryl methyl sites for hydroxylation is 1. The average molecular weight is 466 g/mol. The van der Waals surface area contributed by atoms with Crippen molar-refractivity contribution in [2.24, 2.45) is 0 Å². The molecule has 3 aromatic carbocycles. The third-order valence-corrected chi connectivity index (χ3v) is 5.73. The normalized spacial score (nSPS) is 10.7. The lowest BCUT2D eigenvalue weighted by Gasteiger charge is -2.15. The highest BCUT2D eigenvalue weighted by atomic mass is 32.2. The fourth-order valence-electron chi connectivity index (χ4n) is 3.16. The summed E-state index contributed by atoms with van der Waals surface area (Å²) in [5.74, 6) is 0.214. The summed E-state index contributed by atoms with van der Waals surface area (Å²) >= 11 is 1.59. The van der Waals surface area contributed by atoms with Crippen LogP contribution in [0.1, 0.15) is 30.9 Å². The predicted molar refractivity (Wildman–Crippen MR) is 130 cm³/mol. The first-order valence-electron chi connectivity index (χ1n) is 10.6. The first-order valence-corrected chi connectivity index (χ1v) is 11.4. The Hall–Kier alpha value is -3.45. The van der Waals surface area contributed by atoms with Crippen LogP contribution in [0.15, 0.2) is 76.5 Å². The number of rotatable bonds is 10. The van der Waals surface area contributed by atoms with Crippen molar-refractivity contribution in [3.05, 3.63) is 77.9 Å². The summed E-state index contributed by atoms with van der Waals surface area (Å²) in [5, 5.41) is 11.7. The van der Waals surface area contributed by atoms with E-state index in [1.165, 1.54) is 0 Å². The largest absolute Gasteiger partial charge is 0.483 e. The van der Waals surface area contributed by atoms with E-state index in [4.69, 9.17) is 14.6 Å². The van der Waals surface area contributed by atoms with E-state index in [2.05, 4.69) is 5.32 Å². The molecule has 3 aromatic rings. The van der Waals surface area contributed by atoms with Crippen molar-refractivity contribution in [1.82, 2.24) is 0 Å². The van der Waals surface area contributed by atoms with Crippen molar-refractivity contribution in [2.45, 2.75) is 36.5 Å². The number of hydrogen-bond donors (Lipinski definition) is 2. The van der Waals surface area contributed by atoms with Crippen LogP contribution in [0.3, 0.4) is 0 Å². The molecule has 0 aromatic heterocycles. The molecule has 0 radical (unpaired) electrons. The fraction of sp³-hybridized carbons (Fsp3) is 0.231. The van der Waals surface area contributed by atoms with Gasteiger partial charge in [-0.2, -0.15) is 0 Å². The monoisotopic (exact) mass is 465 g/mol. The van der Waals surface area contributed by atoms with Gasteiger partial charge in [0, 0.05) is 15.5 Å². The van der Waals surface area contributed by atoms with Crippen molar-refractivity contribution in [2.75, 3.05) is 18.5 Å². The first-order chi connectivity index (χ1) is 15.8. The summed E-state index contributed by atoms with van der Waals surface area (Å²) in [5.41, 5.74) is 2.62. The molecule has 0 aliphatic heterocycles. The number of anilines is 1.